The van der Waals surface area contributed by atoms with Gasteiger partial charge in [-0.2, -0.15) is 0 Å². The van der Waals surface area contributed by atoms with Gasteiger partial charge in [0.15, 0.2) is 0 Å². The SMILES string of the molecule is O=S(=O)([O-])[O-].[Cl-].[Mn+2].[Mn+2]. The van der Waals surface area contributed by atoms with Crippen molar-refractivity contribution in [2.75, 3.05) is 0 Å². The van der Waals surface area contributed by atoms with E-state index in [4.69, 9.17) is 17.5 Å². The molecule has 0 aliphatic rings. The Bertz CT molecular complexity index is 97.2. The van der Waals surface area contributed by atoms with Crippen LogP contribution in [0.1, 0.15) is 0 Å². The van der Waals surface area contributed by atoms with Gasteiger partial charge in [-0.15, -0.1) is 0 Å². The van der Waals surface area contributed by atoms with E-state index >= 15 is 0 Å². The summed E-state index contributed by atoms with van der Waals surface area (Å²) in [5.41, 5.74) is 0. The van der Waals surface area contributed by atoms with Crippen LogP contribution in [0.25, 0.3) is 0 Å². The summed E-state index contributed by atoms with van der Waals surface area (Å²) in [6.07, 6.45) is 0. The molecule has 0 rings (SSSR count). The Kier molecular flexibility index (Phi) is 23.4. The quantitative estimate of drug-likeness (QED) is 0.244. The van der Waals surface area contributed by atoms with Crippen LogP contribution >= 0.6 is 0 Å². The van der Waals surface area contributed by atoms with Crippen molar-refractivity contribution in [3.8, 4) is 0 Å². The van der Waals surface area contributed by atoms with Gasteiger partial charge in [0.25, 0.3) is 0 Å². The molecule has 0 aromatic rings. The number of hydrogen-bond acceptors (Lipinski definition) is 4. The molecule has 0 aliphatic heterocycles. The van der Waals surface area contributed by atoms with Crippen LogP contribution in [-0.2, 0) is 44.5 Å². The van der Waals surface area contributed by atoms with Crippen molar-refractivity contribution in [1.82, 2.24) is 0 Å². The van der Waals surface area contributed by atoms with E-state index in [1.807, 2.05) is 0 Å². The third-order valence-corrected chi connectivity index (χ3v) is 0. The average molecular weight is 241 g/mol. The van der Waals surface area contributed by atoms with Gasteiger partial charge < -0.3 is 21.5 Å². The molecule has 4 nitrogen and oxygen atoms in total. The molecule has 0 saturated heterocycles. The molecule has 0 saturated carbocycles. The molecule has 0 unspecified atom stereocenters. The molecule has 0 fully saturated rings. The van der Waals surface area contributed by atoms with Crippen molar-refractivity contribution in [2.24, 2.45) is 0 Å². The second kappa shape index (κ2) is 8.20. The monoisotopic (exact) mass is 241 g/mol. The summed E-state index contributed by atoms with van der Waals surface area (Å²) >= 11 is 0. The fourth-order valence-electron chi connectivity index (χ4n) is 0. The predicted molar refractivity (Wildman–Crippen MR) is 10.5 cm³/mol. The van der Waals surface area contributed by atoms with E-state index in [1.54, 1.807) is 0 Å². The largest absolute Gasteiger partial charge is 2.00 e. The van der Waals surface area contributed by atoms with Gasteiger partial charge in [-0.1, -0.05) is 0 Å². The Labute approximate surface area is 74.4 Å². The first-order chi connectivity index (χ1) is 2.00. The van der Waals surface area contributed by atoms with Crippen LogP contribution in [-0.4, -0.2) is 17.5 Å². The van der Waals surface area contributed by atoms with Crippen LogP contribution in [0.5, 0.6) is 0 Å². The summed E-state index contributed by atoms with van der Waals surface area (Å²) < 4.78 is 34.1. The topological polar surface area (TPSA) is 80.3 Å². The van der Waals surface area contributed by atoms with E-state index in [1.165, 1.54) is 0 Å². The zero-order valence-corrected chi connectivity index (χ0v) is 7.11. The van der Waals surface area contributed by atoms with Crippen molar-refractivity contribution in [3.63, 3.8) is 0 Å². The van der Waals surface area contributed by atoms with Gasteiger partial charge in [-0.25, -0.2) is 0 Å². The molecule has 0 aromatic heterocycles. The average Bonchev–Trinajstić information content (AvgIpc) is 0.722. The van der Waals surface area contributed by atoms with Gasteiger partial charge in [0.2, 0.25) is 0 Å². The third-order valence-electron chi connectivity index (χ3n) is 0. The van der Waals surface area contributed by atoms with E-state index in [-0.39, 0.29) is 46.5 Å². The fourth-order valence-corrected chi connectivity index (χ4v) is 0. The number of hydrogen-bond donors (Lipinski definition) is 0. The molecule has 8 heavy (non-hydrogen) atoms. The Morgan fingerprint density at radius 2 is 1.00 bits per heavy atom. The summed E-state index contributed by atoms with van der Waals surface area (Å²) in [5, 5.41) is 0. The van der Waals surface area contributed by atoms with Crippen LogP contribution in [0.4, 0.5) is 0 Å². The molecular formula is ClMn2O4S+. The maximum absolute atomic E-state index is 8.52. The van der Waals surface area contributed by atoms with Gasteiger partial charge in [-0.05, 0) is 0 Å². The first kappa shape index (κ1) is 22.9. The second-order valence-electron chi connectivity index (χ2n) is 0.408. The Morgan fingerprint density at radius 1 is 1.00 bits per heavy atom. The first-order valence-corrected chi connectivity index (χ1v) is 2.00. The molecule has 0 amide bonds. The maximum atomic E-state index is 8.52. The Morgan fingerprint density at radius 3 is 1.00 bits per heavy atom. The van der Waals surface area contributed by atoms with Crippen molar-refractivity contribution >= 4 is 10.4 Å². The Balaban J connectivity index is -0.0000000267. The minimum absolute atomic E-state index is 0. The molecule has 0 aliphatic carbocycles. The summed E-state index contributed by atoms with van der Waals surface area (Å²) in [6.45, 7) is 0. The van der Waals surface area contributed by atoms with E-state index in [0.29, 0.717) is 0 Å². The molecule has 0 bridgehead atoms. The van der Waals surface area contributed by atoms with Crippen LogP contribution in [0.15, 0.2) is 0 Å². The van der Waals surface area contributed by atoms with Gasteiger partial charge in [0, 0.05) is 10.4 Å². The summed E-state index contributed by atoms with van der Waals surface area (Å²) in [5.74, 6) is 0. The molecule has 0 heterocycles. The minimum atomic E-state index is -5.17. The van der Waals surface area contributed by atoms with E-state index in [0.717, 1.165) is 0 Å². The van der Waals surface area contributed by atoms with Gasteiger partial charge in [0.05, 0.1) is 0 Å². The standard InChI is InChI=1S/ClH.2Mn.H2O4S/c;;;1-5(2,3)4/h1H;;;(H2,1,2,3,4)/q;2*+2;/p-3. The zero-order valence-electron chi connectivity index (χ0n) is 3.18. The van der Waals surface area contributed by atoms with Crippen molar-refractivity contribution < 1.29 is 64.1 Å². The molecule has 0 atom stereocenters. The number of halogens is 1. The molecule has 0 spiro atoms. The van der Waals surface area contributed by atoms with Crippen LogP contribution < -0.4 is 12.4 Å². The third kappa shape index (κ3) is 192. The van der Waals surface area contributed by atoms with Crippen LogP contribution in [0.2, 0.25) is 0 Å². The molecule has 0 aromatic carbocycles. The number of rotatable bonds is 0. The van der Waals surface area contributed by atoms with Crippen molar-refractivity contribution in [2.45, 2.75) is 0 Å². The molecule has 2 radical (unpaired) electrons. The molecule has 8 heteroatoms. The smallest absolute Gasteiger partial charge is 1.00 e. The minimum Gasteiger partial charge on any atom is -1.00 e. The molecule has 50 valence electrons. The summed E-state index contributed by atoms with van der Waals surface area (Å²) in [7, 11) is -5.17. The first-order valence-electron chi connectivity index (χ1n) is 0.667. The van der Waals surface area contributed by atoms with E-state index in [9.17, 15) is 0 Å². The maximum Gasteiger partial charge on any atom is 2.00 e. The van der Waals surface area contributed by atoms with Gasteiger partial charge in [0.1, 0.15) is 0 Å². The predicted octanol–water partition coefficient (Wildman–Crippen LogP) is -4.34. The fraction of sp³-hybridized carbons (Fsp3) is 0. The van der Waals surface area contributed by atoms with Crippen molar-refractivity contribution in [3.05, 3.63) is 0 Å². The van der Waals surface area contributed by atoms with E-state index < -0.39 is 10.4 Å². The van der Waals surface area contributed by atoms with Gasteiger partial charge in [-0.3, -0.25) is 8.42 Å². The normalized spacial score (nSPS) is 7.25. The second-order valence-corrected chi connectivity index (χ2v) is 1.22. The van der Waals surface area contributed by atoms with Crippen LogP contribution in [0, 0.1) is 0 Å². The molecule has 0 N–H and O–H groups in total. The van der Waals surface area contributed by atoms with Crippen molar-refractivity contribution in [1.29, 1.82) is 0 Å². The van der Waals surface area contributed by atoms with Crippen LogP contribution in [0.3, 0.4) is 0 Å². The Hall–Kier alpha value is 1.20. The molecular weight excluding hydrogens is 241 g/mol. The van der Waals surface area contributed by atoms with Gasteiger partial charge >= 0.3 is 34.1 Å². The van der Waals surface area contributed by atoms with E-state index in [2.05, 4.69) is 0 Å². The zero-order chi connectivity index (χ0) is 4.50. The summed E-state index contributed by atoms with van der Waals surface area (Å²) in [6, 6.07) is 0. The summed E-state index contributed by atoms with van der Waals surface area (Å²) in [4.78, 5) is 0.